The van der Waals surface area contributed by atoms with Crippen LogP contribution in [0.25, 0.3) is 0 Å². The highest BCUT2D eigenvalue weighted by Crippen LogP contribution is 1.93. The van der Waals surface area contributed by atoms with Crippen molar-refractivity contribution in [1.29, 1.82) is 5.26 Å². The molecule has 0 fully saturated rings. The summed E-state index contributed by atoms with van der Waals surface area (Å²) in [5, 5.41) is 17.8. The van der Waals surface area contributed by atoms with Crippen molar-refractivity contribution in [2.24, 2.45) is 0 Å². The van der Waals surface area contributed by atoms with Crippen LogP contribution in [0.2, 0.25) is 0 Å². The summed E-state index contributed by atoms with van der Waals surface area (Å²) in [5.74, 6) is -0.0686. The Labute approximate surface area is 74.6 Å². The van der Waals surface area contributed by atoms with E-state index in [4.69, 9.17) is 9.68 Å². The van der Waals surface area contributed by atoms with E-state index in [1.54, 1.807) is 6.92 Å². The Hall–Kier alpha value is -1.90. The molecule has 0 spiro atoms. The predicted molar refractivity (Wildman–Crippen MR) is 41.2 cm³/mol. The van der Waals surface area contributed by atoms with Crippen LogP contribution in [0.15, 0.2) is 10.8 Å². The van der Waals surface area contributed by atoms with Gasteiger partial charge in [0.25, 0.3) is 0 Å². The second-order valence-corrected chi connectivity index (χ2v) is 2.43. The van der Waals surface area contributed by atoms with Crippen LogP contribution in [0.3, 0.4) is 0 Å². The smallest absolute Gasteiger partial charge is 0.230 e. The van der Waals surface area contributed by atoms with Gasteiger partial charge in [0.1, 0.15) is 12.5 Å². The molecule has 0 aliphatic carbocycles. The van der Waals surface area contributed by atoms with Crippen molar-refractivity contribution in [2.45, 2.75) is 19.4 Å². The Bertz CT molecular complexity index is 314. The molecule has 0 bridgehead atoms. The molecule has 6 nitrogen and oxygen atoms in total. The molecule has 1 aromatic rings. The molecule has 0 saturated carbocycles. The molecule has 1 amide bonds. The van der Waals surface area contributed by atoms with Crippen LogP contribution in [0.1, 0.15) is 12.8 Å². The van der Waals surface area contributed by atoms with E-state index in [0.717, 1.165) is 6.39 Å². The molecule has 6 heteroatoms. The van der Waals surface area contributed by atoms with Gasteiger partial charge in [-0.1, -0.05) is 0 Å². The topological polar surface area (TPSA) is 91.8 Å². The van der Waals surface area contributed by atoms with Gasteiger partial charge in [0, 0.05) is 0 Å². The van der Waals surface area contributed by atoms with Gasteiger partial charge in [0.05, 0.1) is 6.07 Å². The molecule has 0 saturated heterocycles. The summed E-state index contributed by atoms with van der Waals surface area (Å²) in [6, 6.07) is 1.37. The molecule has 1 aromatic heterocycles. The molecule has 1 N–H and O–H groups in total. The van der Waals surface area contributed by atoms with E-state index in [1.165, 1.54) is 0 Å². The molecular formula is C7H8N4O2. The maximum absolute atomic E-state index is 11.1. The molecule has 0 aromatic carbocycles. The molecule has 68 valence electrons. The molecule has 1 rings (SSSR count). The maximum Gasteiger partial charge on any atom is 0.230 e. The zero-order valence-corrected chi connectivity index (χ0v) is 7.02. The summed E-state index contributed by atoms with van der Waals surface area (Å²) in [6.45, 7) is 1.59. The Morgan fingerprint density at radius 3 is 3.23 bits per heavy atom. The molecule has 13 heavy (non-hydrogen) atoms. The maximum atomic E-state index is 11.1. The Morgan fingerprint density at radius 2 is 2.69 bits per heavy atom. The minimum Gasteiger partial charge on any atom is -0.427 e. The number of hydrogen-bond acceptors (Lipinski definition) is 5. The first-order chi connectivity index (χ1) is 6.22. The zero-order chi connectivity index (χ0) is 9.68. The second-order valence-electron chi connectivity index (χ2n) is 2.43. The van der Waals surface area contributed by atoms with Crippen molar-refractivity contribution >= 4 is 5.91 Å². The minimum atomic E-state index is -0.504. The van der Waals surface area contributed by atoms with E-state index in [9.17, 15) is 4.79 Å². The lowest BCUT2D eigenvalue weighted by Gasteiger charge is -2.03. The van der Waals surface area contributed by atoms with Gasteiger partial charge >= 0.3 is 0 Å². The first kappa shape index (κ1) is 9.19. The van der Waals surface area contributed by atoms with Crippen LogP contribution in [0.5, 0.6) is 0 Å². The van der Waals surface area contributed by atoms with Crippen LogP contribution in [0.4, 0.5) is 0 Å². The summed E-state index contributed by atoms with van der Waals surface area (Å²) in [4.78, 5) is 11.1. The van der Waals surface area contributed by atoms with Gasteiger partial charge in [-0.2, -0.15) is 5.26 Å². The summed E-state index contributed by atoms with van der Waals surface area (Å²) in [7, 11) is 0. The first-order valence-electron chi connectivity index (χ1n) is 3.66. The van der Waals surface area contributed by atoms with E-state index in [1.807, 2.05) is 6.07 Å². The standard InChI is InChI=1S/C7H8N4O2/c1-5(3-8)10-6(12)2-7-11-9-4-13-7/h4-5H,2H2,1H3,(H,10,12)/t5-/m0/s1. The number of hydrogen-bond donors (Lipinski definition) is 1. The van der Waals surface area contributed by atoms with Crippen molar-refractivity contribution in [2.75, 3.05) is 0 Å². The summed E-state index contributed by atoms with van der Waals surface area (Å²) >= 11 is 0. The number of carbonyl (C=O) groups is 1. The third-order valence-corrected chi connectivity index (χ3v) is 1.29. The lowest BCUT2D eigenvalue weighted by atomic mass is 10.3. The monoisotopic (exact) mass is 180 g/mol. The fourth-order valence-electron chi connectivity index (χ4n) is 0.735. The van der Waals surface area contributed by atoms with Gasteiger partial charge in [0.2, 0.25) is 18.2 Å². The Kier molecular flexibility index (Phi) is 2.97. The summed E-state index contributed by atoms with van der Waals surface area (Å²) < 4.78 is 4.75. The van der Waals surface area contributed by atoms with Crippen LogP contribution >= 0.6 is 0 Å². The van der Waals surface area contributed by atoms with Crippen molar-refractivity contribution in [3.8, 4) is 6.07 Å². The normalized spacial score (nSPS) is 11.7. The van der Waals surface area contributed by atoms with Crippen LogP contribution in [-0.4, -0.2) is 22.1 Å². The molecule has 0 aliphatic heterocycles. The summed E-state index contributed by atoms with van der Waals surface area (Å²) in [5.41, 5.74) is 0. The van der Waals surface area contributed by atoms with E-state index in [2.05, 4.69) is 15.5 Å². The molecular weight excluding hydrogens is 172 g/mol. The third kappa shape index (κ3) is 2.91. The SMILES string of the molecule is C[C@@H](C#N)NC(=O)Cc1nnco1. The predicted octanol–water partition coefficient (Wildman–Crippen LogP) is -0.360. The van der Waals surface area contributed by atoms with Gasteiger partial charge in [0.15, 0.2) is 0 Å². The number of aromatic nitrogens is 2. The van der Waals surface area contributed by atoms with Crippen molar-refractivity contribution in [3.05, 3.63) is 12.3 Å². The molecule has 0 radical (unpaired) electrons. The van der Waals surface area contributed by atoms with E-state index >= 15 is 0 Å². The highest BCUT2D eigenvalue weighted by Gasteiger charge is 2.09. The van der Waals surface area contributed by atoms with Crippen LogP contribution in [0, 0.1) is 11.3 Å². The van der Waals surface area contributed by atoms with E-state index in [-0.39, 0.29) is 18.2 Å². The van der Waals surface area contributed by atoms with Crippen molar-refractivity contribution in [3.63, 3.8) is 0 Å². The fraction of sp³-hybridized carbons (Fsp3) is 0.429. The van der Waals surface area contributed by atoms with Crippen LogP contribution in [-0.2, 0) is 11.2 Å². The van der Waals surface area contributed by atoms with Gasteiger partial charge in [-0.25, -0.2) is 0 Å². The number of nitriles is 1. The van der Waals surface area contributed by atoms with Crippen molar-refractivity contribution < 1.29 is 9.21 Å². The van der Waals surface area contributed by atoms with Gasteiger partial charge in [-0.15, -0.1) is 10.2 Å². The average Bonchev–Trinajstić information content (AvgIpc) is 2.56. The minimum absolute atomic E-state index is 0.00597. The van der Waals surface area contributed by atoms with E-state index in [0.29, 0.717) is 0 Å². The van der Waals surface area contributed by atoms with Crippen molar-refractivity contribution in [1.82, 2.24) is 15.5 Å². The first-order valence-corrected chi connectivity index (χ1v) is 3.66. The molecule has 1 heterocycles. The Balaban J connectivity index is 2.39. The number of nitrogens with zero attached hydrogens (tertiary/aromatic N) is 3. The van der Waals surface area contributed by atoms with Gasteiger partial charge < -0.3 is 9.73 Å². The second kappa shape index (κ2) is 4.21. The zero-order valence-electron chi connectivity index (χ0n) is 7.02. The average molecular weight is 180 g/mol. The third-order valence-electron chi connectivity index (χ3n) is 1.29. The highest BCUT2D eigenvalue weighted by atomic mass is 16.4. The number of rotatable bonds is 3. The largest absolute Gasteiger partial charge is 0.427 e. The van der Waals surface area contributed by atoms with E-state index < -0.39 is 6.04 Å². The molecule has 0 aliphatic rings. The quantitative estimate of drug-likeness (QED) is 0.685. The fourth-order valence-corrected chi connectivity index (χ4v) is 0.735. The molecule has 0 unspecified atom stereocenters. The lowest BCUT2D eigenvalue weighted by molar-refractivity contribution is -0.121. The van der Waals surface area contributed by atoms with Gasteiger partial charge in [-0.05, 0) is 6.92 Å². The Morgan fingerprint density at radius 1 is 1.92 bits per heavy atom. The number of amides is 1. The number of nitrogens with one attached hydrogen (secondary N) is 1. The van der Waals surface area contributed by atoms with Gasteiger partial charge in [-0.3, -0.25) is 4.79 Å². The number of carbonyl (C=O) groups excluding carboxylic acids is 1. The van der Waals surface area contributed by atoms with Crippen LogP contribution < -0.4 is 5.32 Å². The molecule has 1 atom stereocenters. The highest BCUT2D eigenvalue weighted by molar-refractivity contribution is 5.78. The lowest BCUT2D eigenvalue weighted by Crippen LogP contribution is -2.32. The summed E-state index contributed by atoms with van der Waals surface area (Å²) in [6.07, 6.45) is 1.16.